The molecule has 2 aromatic heterocycles. The van der Waals surface area contributed by atoms with Crippen molar-refractivity contribution in [2.45, 2.75) is 72.1 Å². The number of carbonyl (C=O) groups is 2. The van der Waals surface area contributed by atoms with Gasteiger partial charge in [-0.3, -0.25) is 4.79 Å². The second-order valence-electron chi connectivity index (χ2n) is 16.3. The van der Waals surface area contributed by atoms with Crippen LogP contribution >= 0.6 is 0 Å². The van der Waals surface area contributed by atoms with Crippen molar-refractivity contribution in [3.63, 3.8) is 0 Å². The Labute approximate surface area is 350 Å². The lowest BCUT2D eigenvalue weighted by molar-refractivity contribution is -0.161. The molecule has 0 aliphatic heterocycles. The maximum Gasteiger partial charge on any atom is 0.359 e. The van der Waals surface area contributed by atoms with Crippen LogP contribution in [-0.2, 0) is 38.4 Å². The Bertz CT molecular complexity index is 2460. The monoisotopic (exact) mass is 802 g/mol. The number of imidazole rings is 1. The van der Waals surface area contributed by atoms with E-state index in [1.807, 2.05) is 109 Å². The molecular weight excluding hydrogens is 753 g/mol. The molecule has 0 saturated heterocycles. The number of hydrogen-bond acceptors (Lipinski definition) is 9. The highest BCUT2D eigenvalue weighted by Gasteiger charge is 2.42. The maximum absolute atomic E-state index is 13.7. The SMILES string of the molecule is CCCc1nc(C(C)(C)O)c(C(=O)OCOC(=O)C(C)(C)C)n1Cc1ccc(-c2ccccc2-c2nnnn2C(c2ccccc2)(c2ccccc2)c2ccccc2)cc1. The third kappa shape index (κ3) is 8.26. The molecule has 0 unspecified atom stereocenters. The van der Waals surface area contributed by atoms with Crippen LogP contribution in [-0.4, -0.2) is 53.6 Å². The van der Waals surface area contributed by atoms with Gasteiger partial charge in [-0.05, 0) is 84.8 Å². The van der Waals surface area contributed by atoms with Crippen LogP contribution < -0.4 is 0 Å². The maximum atomic E-state index is 13.7. The third-order valence-corrected chi connectivity index (χ3v) is 10.4. The van der Waals surface area contributed by atoms with E-state index in [0.717, 1.165) is 45.4 Å². The third-order valence-electron chi connectivity index (χ3n) is 10.4. The van der Waals surface area contributed by atoms with E-state index in [1.54, 1.807) is 39.2 Å². The normalized spacial score (nSPS) is 12.0. The molecule has 0 radical (unpaired) electrons. The molecule has 0 spiro atoms. The fraction of sp³-hybridized carbons (Fsp3) is 0.265. The zero-order valence-corrected chi connectivity index (χ0v) is 34.9. The molecule has 7 rings (SSSR count). The second kappa shape index (κ2) is 17.2. The van der Waals surface area contributed by atoms with Crippen LogP contribution in [0.2, 0.25) is 0 Å². The average molecular weight is 803 g/mol. The first-order valence-corrected chi connectivity index (χ1v) is 20.1. The fourth-order valence-corrected chi connectivity index (χ4v) is 7.53. The Morgan fingerprint density at radius 1 is 0.683 bits per heavy atom. The molecule has 0 fully saturated rings. The van der Waals surface area contributed by atoms with Crippen LogP contribution in [0.25, 0.3) is 22.5 Å². The van der Waals surface area contributed by atoms with Gasteiger partial charge in [0.15, 0.2) is 11.5 Å². The minimum absolute atomic E-state index is 0.109. The van der Waals surface area contributed by atoms with Gasteiger partial charge in [0.25, 0.3) is 0 Å². The number of aliphatic hydroxyl groups is 1. The van der Waals surface area contributed by atoms with E-state index in [-0.39, 0.29) is 17.9 Å². The van der Waals surface area contributed by atoms with Crippen molar-refractivity contribution in [2.75, 3.05) is 6.79 Å². The molecule has 0 saturated carbocycles. The molecule has 0 atom stereocenters. The van der Waals surface area contributed by atoms with Crippen LogP contribution in [0.1, 0.15) is 92.2 Å². The van der Waals surface area contributed by atoms with Gasteiger partial charge in [-0.2, -0.15) is 0 Å². The van der Waals surface area contributed by atoms with Crippen LogP contribution in [0, 0.1) is 5.41 Å². The van der Waals surface area contributed by atoms with Crippen LogP contribution in [0.3, 0.4) is 0 Å². The molecule has 11 nitrogen and oxygen atoms in total. The molecule has 7 aromatic rings. The minimum Gasteiger partial charge on any atom is -0.427 e. The summed E-state index contributed by atoms with van der Waals surface area (Å²) in [7, 11) is 0. The molecule has 11 heteroatoms. The van der Waals surface area contributed by atoms with Crippen LogP contribution in [0.4, 0.5) is 0 Å². The summed E-state index contributed by atoms with van der Waals surface area (Å²) in [4.78, 5) is 30.9. The van der Waals surface area contributed by atoms with Crippen molar-refractivity contribution in [2.24, 2.45) is 5.41 Å². The quantitative estimate of drug-likeness (QED) is 0.0650. The number of benzene rings is 5. The number of ether oxygens (including phenoxy) is 2. The van der Waals surface area contributed by atoms with Crippen molar-refractivity contribution >= 4 is 11.9 Å². The molecule has 1 N–H and O–H groups in total. The van der Waals surface area contributed by atoms with E-state index in [9.17, 15) is 14.7 Å². The summed E-state index contributed by atoms with van der Waals surface area (Å²) in [6.07, 6.45) is 1.32. The molecule has 2 heterocycles. The first kappa shape index (κ1) is 41.4. The van der Waals surface area contributed by atoms with E-state index in [0.29, 0.717) is 18.1 Å². The van der Waals surface area contributed by atoms with Crippen molar-refractivity contribution in [1.82, 2.24) is 29.8 Å². The van der Waals surface area contributed by atoms with E-state index < -0.39 is 35.3 Å². The van der Waals surface area contributed by atoms with Gasteiger partial charge < -0.3 is 19.1 Å². The van der Waals surface area contributed by atoms with E-state index in [1.165, 1.54) is 0 Å². The molecule has 306 valence electrons. The average Bonchev–Trinajstić information content (AvgIpc) is 3.88. The first-order valence-electron chi connectivity index (χ1n) is 20.1. The van der Waals surface area contributed by atoms with Crippen molar-refractivity contribution in [3.05, 3.63) is 179 Å². The zero-order valence-electron chi connectivity index (χ0n) is 34.9. The Balaban J connectivity index is 1.28. The summed E-state index contributed by atoms with van der Waals surface area (Å²) in [5, 5.41) is 24.9. The van der Waals surface area contributed by atoms with Crippen molar-refractivity contribution < 1.29 is 24.2 Å². The molecule has 0 bridgehead atoms. The lowest BCUT2D eigenvalue weighted by Crippen LogP contribution is -2.39. The predicted octanol–water partition coefficient (Wildman–Crippen LogP) is 8.98. The molecular formula is C49H50N6O5. The van der Waals surface area contributed by atoms with E-state index in [4.69, 9.17) is 24.8 Å². The van der Waals surface area contributed by atoms with Gasteiger partial charge in [0, 0.05) is 18.5 Å². The standard InChI is InChI=1S/C49H50N6O5/c1-7-19-41-50-43(48(5,6)58)42(45(56)59-33-60-46(57)47(2,3)4)54(41)32-34-28-30-35(31-29-34)39-26-17-18-27-40(39)44-51-52-53-55(44)49(36-20-11-8-12-21-36,37-22-13-9-14-23-37)38-24-15-10-16-25-38/h8-18,20-31,58H,7,19,32-33H2,1-6H3. The summed E-state index contributed by atoms with van der Waals surface area (Å²) in [6.45, 7) is 10.1. The Kier molecular flexibility index (Phi) is 11.9. The number of hydrogen-bond donors (Lipinski definition) is 1. The number of carbonyl (C=O) groups excluding carboxylic acids is 2. The van der Waals surface area contributed by atoms with Gasteiger partial charge in [-0.15, -0.1) is 5.10 Å². The lowest BCUT2D eigenvalue weighted by atomic mass is 9.77. The highest BCUT2D eigenvalue weighted by Crippen LogP contribution is 2.43. The topological polar surface area (TPSA) is 134 Å². The van der Waals surface area contributed by atoms with Gasteiger partial charge in [-0.1, -0.05) is 146 Å². The number of tetrazole rings is 1. The molecule has 0 aliphatic rings. The Morgan fingerprint density at radius 2 is 1.22 bits per heavy atom. The van der Waals surface area contributed by atoms with Gasteiger partial charge in [-0.25, -0.2) is 14.5 Å². The van der Waals surface area contributed by atoms with Crippen LogP contribution in [0.5, 0.6) is 0 Å². The smallest absolute Gasteiger partial charge is 0.359 e. The number of aryl methyl sites for hydroxylation is 1. The predicted molar refractivity (Wildman–Crippen MR) is 230 cm³/mol. The Morgan fingerprint density at radius 3 is 1.73 bits per heavy atom. The summed E-state index contributed by atoms with van der Waals surface area (Å²) < 4.78 is 14.4. The fourth-order valence-electron chi connectivity index (χ4n) is 7.53. The lowest BCUT2D eigenvalue weighted by Gasteiger charge is -2.36. The summed E-state index contributed by atoms with van der Waals surface area (Å²) in [6, 6.07) is 47.1. The second-order valence-corrected chi connectivity index (χ2v) is 16.3. The summed E-state index contributed by atoms with van der Waals surface area (Å²) >= 11 is 0. The zero-order chi connectivity index (χ0) is 42.5. The largest absolute Gasteiger partial charge is 0.427 e. The van der Waals surface area contributed by atoms with Crippen LogP contribution in [0.15, 0.2) is 140 Å². The highest BCUT2D eigenvalue weighted by molar-refractivity contribution is 5.89. The van der Waals surface area contributed by atoms with Gasteiger partial charge in [0.2, 0.25) is 6.79 Å². The molecule has 0 amide bonds. The molecule has 60 heavy (non-hydrogen) atoms. The molecule has 5 aromatic carbocycles. The first-order chi connectivity index (χ1) is 28.8. The van der Waals surface area contributed by atoms with Gasteiger partial charge in [0.05, 0.1) is 5.41 Å². The highest BCUT2D eigenvalue weighted by atomic mass is 16.7. The molecule has 0 aliphatic carbocycles. The van der Waals surface area contributed by atoms with E-state index >= 15 is 0 Å². The Hall–Kier alpha value is -6.72. The minimum atomic E-state index is -1.45. The van der Waals surface area contributed by atoms with E-state index in [2.05, 4.69) is 47.7 Å². The van der Waals surface area contributed by atoms with Gasteiger partial charge in [0.1, 0.15) is 22.7 Å². The number of aromatic nitrogens is 6. The number of nitrogens with zero attached hydrogens (tertiary/aromatic N) is 6. The van der Waals surface area contributed by atoms with Gasteiger partial charge >= 0.3 is 11.9 Å². The summed E-state index contributed by atoms with van der Waals surface area (Å²) in [5.41, 5.74) is 3.76. The number of rotatable bonds is 14. The van der Waals surface area contributed by atoms with Crippen molar-refractivity contribution in [3.8, 4) is 22.5 Å². The van der Waals surface area contributed by atoms with Crippen molar-refractivity contribution in [1.29, 1.82) is 0 Å². The summed E-state index contributed by atoms with van der Waals surface area (Å²) in [5.74, 6) is -0.0265. The number of esters is 2.